The molecule has 0 unspecified atom stereocenters. The summed E-state index contributed by atoms with van der Waals surface area (Å²) >= 11 is 4.47. The highest BCUT2D eigenvalue weighted by Crippen LogP contribution is 2.12. The van der Waals surface area contributed by atoms with Crippen molar-refractivity contribution in [2.24, 2.45) is 0 Å². The fourth-order valence-corrected chi connectivity index (χ4v) is 0.700. The Kier molecular flexibility index (Phi) is 2.23. The van der Waals surface area contributed by atoms with Crippen LogP contribution in [0.1, 0.15) is 0 Å². The fraction of sp³-hybridized carbons (Fsp3) is 0. The molecule has 0 saturated carbocycles. The lowest BCUT2D eigenvalue weighted by atomic mass is 10.3. The van der Waals surface area contributed by atoms with E-state index < -0.39 is 0 Å². The highest BCUT2D eigenvalue weighted by Gasteiger charge is 1.88. The number of rotatable bonds is 2. The Morgan fingerprint density at radius 2 is 1.90 bits per heavy atom. The van der Waals surface area contributed by atoms with Crippen molar-refractivity contribution < 1.29 is 4.74 Å². The van der Waals surface area contributed by atoms with Crippen molar-refractivity contribution >= 4 is 23.5 Å². The van der Waals surface area contributed by atoms with Crippen LogP contribution >= 0.6 is 12.2 Å². The summed E-state index contributed by atoms with van der Waals surface area (Å²) in [7, 11) is 0. The molecule has 1 N–H and O–H groups in total. The van der Waals surface area contributed by atoms with Gasteiger partial charge in [0, 0.05) is 0 Å². The maximum atomic E-state index is 7.13. The Morgan fingerprint density at radius 3 is 2.40 bits per heavy atom. The van der Waals surface area contributed by atoms with Gasteiger partial charge in [0.25, 0.3) is 0 Å². The smallest absolute Gasteiger partial charge is 0.154 e. The number of ether oxygens (including phenoxy) is 1. The van der Waals surface area contributed by atoms with Gasteiger partial charge in [0.15, 0.2) is 5.55 Å². The summed E-state index contributed by atoms with van der Waals surface area (Å²) in [5.74, 6) is 0.672. The van der Waals surface area contributed by atoms with Gasteiger partial charge in [0.05, 0.1) is 5.69 Å². The minimum atomic E-state index is 0.469. The van der Waals surface area contributed by atoms with Gasteiger partial charge < -0.3 is 10.5 Å². The van der Waals surface area contributed by atoms with Crippen molar-refractivity contribution in [2.45, 2.75) is 0 Å². The summed E-state index contributed by atoms with van der Waals surface area (Å²) in [6.45, 7) is 0. The first-order valence-corrected chi connectivity index (χ1v) is 3.22. The van der Waals surface area contributed by atoms with Gasteiger partial charge in [-0.15, -0.1) is 0 Å². The maximum Gasteiger partial charge on any atom is 0.154 e. The molecule has 0 amide bonds. The van der Waals surface area contributed by atoms with Crippen LogP contribution < -0.4 is 10.5 Å². The Balaban J connectivity index is 2.78. The van der Waals surface area contributed by atoms with E-state index in [4.69, 9.17) is 10.5 Å². The first-order valence-electron chi connectivity index (χ1n) is 2.75. The lowest BCUT2D eigenvalue weighted by Gasteiger charge is -1.96. The average Bonchev–Trinajstić information content (AvgIpc) is 1.95. The number of thiocarbonyl (C=S) groups is 1. The van der Waals surface area contributed by atoms with Gasteiger partial charge in [0.2, 0.25) is 0 Å². The summed E-state index contributed by atoms with van der Waals surface area (Å²) in [4.78, 5) is 0. The molecule has 0 aliphatic carbocycles. The lowest BCUT2D eigenvalue weighted by Crippen LogP contribution is -1.84. The van der Waals surface area contributed by atoms with Crippen molar-refractivity contribution in [1.29, 1.82) is 0 Å². The molecule has 1 rings (SSSR count). The van der Waals surface area contributed by atoms with E-state index in [0.29, 0.717) is 11.4 Å². The zero-order valence-corrected chi connectivity index (χ0v) is 6.02. The monoisotopic (exact) mass is 152 g/mol. The number of nitrogens with one attached hydrogen (secondary N) is 1. The zero-order chi connectivity index (χ0) is 7.40. The van der Waals surface area contributed by atoms with Crippen molar-refractivity contribution in [3.63, 3.8) is 0 Å². The molecular weight excluding hydrogens is 146 g/mol. The lowest BCUT2D eigenvalue weighted by molar-refractivity contribution is 0.586. The van der Waals surface area contributed by atoms with E-state index in [2.05, 4.69) is 12.2 Å². The molecule has 0 bridgehead atoms. The minimum Gasteiger partial charge on any atom is -0.454 e. The third-order valence-electron chi connectivity index (χ3n) is 1.04. The van der Waals surface area contributed by atoms with Crippen molar-refractivity contribution in [3.05, 3.63) is 24.3 Å². The molecule has 0 atom stereocenters. The molecule has 0 spiro atoms. The van der Waals surface area contributed by atoms with Crippen LogP contribution in [-0.2, 0) is 0 Å². The molecule has 51 valence electrons. The number of hydrogen-bond acceptors (Lipinski definition) is 2. The highest BCUT2D eigenvalue weighted by molar-refractivity contribution is 7.78. The second-order valence-electron chi connectivity index (χ2n) is 1.74. The molecule has 0 aliphatic heterocycles. The van der Waals surface area contributed by atoms with Gasteiger partial charge in [0.1, 0.15) is 5.75 Å². The van der Waals surface area contributed by atoms with Crippen LogP contribution in [0.3, 0.4) is 0 Å². The molecule has 3 heteroatoms. The van der Waals surface area contributed by atoms with Crippen LogP contribution in [0.4, 0.5) is 5.69 Å². The van der Waals surface area contributed by atoms with Gasteiger partial charge in [-0.2, -0.15) is 0 Å². The maximum absolute atomic E-state index is 7.13. The predicted octanol–water partition coefficient (Wildman–Crippen LogP) is 1.94. The van der Waals surface area contributed by atoms with E-state index >= 15 is 0 Å². The molecule has 1 aromatic rings. The molecule has 2 nitrogen and oxygen atoms in total. The molecule has 0 aromatic heterocycles. The van der Waals surface area contributed by atoms with E-state index in [9.17, 15) is 0 Å². The zero-order valence-electron chi connectivity index (χ0n) is 5.20. The fourth-order valence-electron chi connectivity index (χ4n) is 0.589. The van der Waals surface area contributed by atoms with Crippen molar-refractivity contribution in [1.82, 2.24) is 5.73 Å². The molecule has 1 aromatic carbocycles. The Labute approximate surface area is 64.6 Å². The first kappa shape index (κ1) is 7.02. The summed E-state index contributed by atoms with van der Waals surface area (Å²) in [5.41, 5.74) is 8.79. The molecule has 10 heavy (non-hydrogen) atoms. The van der Waals surface area contributed by atoms with Gasteiger partial charge in [-0.25, -0.2) is 0 Å². The predicted molar refractivity (Wildman–Crippen MR) is 43.5 cm³/mol. The standard InChI is InChI=1S/C7H6NOS/c8-6-1-3-7(4-2-6)9-5-10/h1-5,8H. The summed E-state index contributed by atoms with van der Waals surface area (Å²) in [6.07, 6.45) is 0. The largest absolute Gasteiger partial charge is 0.454 e. The molecule has 0 saturated heterocycles. The van der Waals surface area contributed by atoms with Crippen LogP contribution in [-0.4, -0.2) is 5.55 Å². The minimum absolute atomic E-state index is 0.469. The Bertz CT molecular complexity index is 220. The normalized spacial score (nSPS) is 8.80. The van der Waals surface area contributed by atoms with Crippen LogP contribution in [0.5, 0.6) is 5.75 Å². The number of hydrogen-bond donors (Lipinski definition) is 0. The van der Waals surface area contributed by atoms with E-state index in [1.165, 1.54) is 5.55 Å². The van der Waals surface area contributed by atoms with Crippen LogP contribution in [0.25, 0.3) is 0 Å². The van der Waals surface area contributed by atoms with Crippen LogP contribution in [0.2, 0.25) is 0 Å². The van der Waals surface area contributed by atoms with Crippen LogP contribution in [0, 0.1) is 0 Å². The van der Waals surface area contributed by atoms with E-state index in [0.717, 1.165) is 0 Å². The number of benzene rings is 1. The quantitative estimate of drug-likeness (QED) is 0.607. The van der Waals surface area contributed by atoms with E-state index in [1.807, 2.05) is 0 Å². The SMILES string of the molecule is [NH]c1ccc(OC=S)cc1. The summed E-state index contributed by atoms with van der Waals surface area (Å²) in [6, 6.07) is 6.69. The van der Waals surface area contributed by atoms with Crippen molar-refractivity contribution in [3.8, 4) is 5.75 Å². The molecule has 0 fully saturated rings. The first-order chi connectivity index (χ1) is 4.83. The van der Waals surface area contributed by atoms with Gasteiger partial charge >= 0.3 is 0 Å². The summed E-state index contributed by atoms with van der Waals surface area (Å²) < 4.78 is 4.87. The van der Waals surface area contributed by atoms with E-state index in [1.54, 1.807) is 24.3 Å². The summed E-state index contributed by atoms with van der Waals surface area (Å²) in [5, 5.41) is 0. The van der Waals surface area contributed by atoms with Gasteiger partial charge in [-0.3, -0.25) is 0 Å². The Hall–Kier alpha value is -1.09. The third-order valence-corrected chi connectivity index (χ3v) is 1.13. The van der Waals surface area contributed by atoms with Crippen molar-refractivity contribution in [2.75, 3.05) is 0 Å². The second kappa shape index (κ2) is 3.17. The average molecular weight is 152 g/mol. The second-order valence-corrected chi connectivity index (χ2v) is 1.93. The molecule has 0 aliphatic rings. The van der Waals surface area contributed by atoms with Crippen LogP contribution in [0.15, 0.2) is 24.3 Å². The highest BCUT2D eigenvalue weighted by atomic mass is 32.1. The Morgan fingerprint density at radius 1 is 1.30 bits per heavy atom. The molecule has 0 heterocycles. The third kappa shape index (κ3) is 1.70. The molecule has 1 radical (unpaired) electrons. The van der Waals surface area contributed by atoms with Gasteiger partial charge in [-0.05, 0) is 36.5 Å². The molecular formula is C7H6NOS. The van der Waals surface area contributed by atoms with Gasteiger partial charge in [-0.1, -0.05) is 0 Å². The topological polar surface area (TPSA) is 33.0 Å². The van der Waals surface area contributed by atoms with E-state index in [-0.39, 0.29) is 0 Å².